The highest BCUT2D eigenvalue weighted by atomic mass is 15.3. The maximum atomic E-state index is 4.16. The van der Waals surface area contributed by atoms with Gasteiger partial charge in [-0.25, -0.2) is 9.67 Å². The van der Waals surface area contributed by atoms with Crippen LogP contribution in [0.25, 0.3) is 21.9 Å². The maximum absolute atomic E-state index is 4.16. The minimum Gasteiger partial charge on any atom is -0.249 e. The Balaban J connectivity index is 1.71. The zero-order valence-electron chi connectivity index (χ0n) is 12.1. The van der Waals surface area contributed by atoms with E-state index in [9.17, 15) is 0 Å². The molecule has 0 bridgehead atoms. The number of hydrogen-bond acceptors (Lipinski definition) is 2. The lowest BCUT2D eigenvalue weighted by Crippen LogP contribution is -1.99. The number of rotatable bonds is 3. The summed E-state index contributed by atoms with van der Waals surface area (Å²) in [4.78, 5) is 3.98. The van der Waals surface area contributed by atoms with Gasteiger partial charge in [0.25, 0.3) is 0 Å². The van der Waals surface area contributed by atoms with E-state index in [1.54, 1.807) is 12.7 Å². The van der Waals surface area contributed by atoms with Crippen LogP contribution in [0.4, 0.5) is 0 Å². The van der Waals surface area contributed by atoms with Gasteiger partial charge in [0.2, 0.25) is 0 Å². The third-order valence-electron chi connectivity index (χ3n) is 3.82. The van der Waals surface area contributed by atoms with Crippen LogP contribution in [-0.4, -0.2) is 14.8 Å². The monoisotopic (exact) mass is 285 g/mol. The van der Waals surface area contributed by atoms with E-state index in [-0.39, 0.29) is 0 Å². The van der Waals surface area contributed by atoms with Crippen molar-refractivity contribution < 1.29 is 0 Å². The molecule has 0 aliphatic carbocycles. The molecule has 0 aliphatic heterocycles. The largest absolute Gasteiger partial charge is 0.249 e. The first-order valence-electron chi connectivity index (χ1n) is 7.29. The van der Waals surface area contributed by atoms with E-state index in [2.05, 4.69) is 76.8 Å². The highest BCUT2D eigenvalue weighted by molar-refractivity contribution is 5.87. The second-order valence-corrected chi connectivity index (χ2v) is 5.36. The summed E-state index contributed by atoms with van der Waals surface area (Å²) in [5.74, 6) is 0. The van der Waals surface area contributed by atoms with E-state index in [0.29, 0.717) is 0 Å². The van der Waals surface area contributed by atoms with Gasteiger partial charge in [-0.3, -0.25) is 0 Å². The summed E-state index contributed by atoms with van der Waals surface area (Å²) >= 11 is 0. The van der Waals surface area contributed by atoms with Crippen molar-refractivity contribution in [2.75, 3.05) is 0 Å². The summed E-state index contributed by atoms with van der Waals surface area (Å²) in [7, 11) is 0. The van der Waals surface area contributed by atoms with Gasteiger partial charge < -0.3 is 0 Å². The smallest absolute Gasteiger partial charge is 0.137 e. The molecule has 0 unspecified atom stereocenters. The topological polar surface area (TPSA) is 30.7 Å². The molecule has 106 valence electrons. The number of fused-ring (bicyclic) bond motifs is 1. The average molecular weight is 285 g/mol. The quantitative estimate of drug-likeness (QED) is 0.566. The summed E-state index contributed by atoms with van der Waals surface area (Å²) in [6.45, 7) is 0.738. The molecule has 0 spiro atoms. The summed E-state index contributed by atoms with van der Waals surface area (Å²) < 4.78 is 1.83. The Kier molecular flexibility index (Phi) is 3.16. The highest BCUT2D eigenvalue weighted by Gasteiger charge is 2.02. The molecule has 22 heavy (non-hydrogen) atoms. The van der Waals surface area contributed by atoms with Gasteiger partial charge in [0.15, 0.2) is 0 Å². The molecule has 0 radical (unpaired) electrons. The summed E-state index contributed by atoms with van der Waals surface area (Å²) in [6, 6.07) is 23.6. The Bertz CT molecular complexity index is 911. The summed E-state index contributed by atoms with van der Waals surface area (Å²) in [5, 5.41) is 6.69. The molecule has 0 fully saturated rings. The fourth-order valence-corrected chi connectivity index (χ4v) is 2.72. The van der Waals surface area contributed by atoms with Crippen LogP contribution in [-0.2, 0) is 6.54 Å². The molecule has 4 aromatic rings. The molecule has 0 saturated heterocycles. The molecule has 0 N–H and O–H groups in total. The first-order valence-corrected chi connectivity index (χ1v) is 7.29. The standard InChI is InChI=1S/C19H15N3/c1-2-6-18-11-19(9-8-16(18)5-1)17-7-3-4-15(10-17)12-22-14-20-13-21-22/h1-11,13-14H,12H2. The van der Waals surface area contributed by atoms with Gasteiger partial charge in [-0.15, -0.1) is 0 Å². The third kappa shape index (κ3) is 2.49. The van der Waals surface area contributed by atoms with Crippen molar-refractivity contribution in [1.29, 1.82) is 0 Å². The van der Waals surface area contributed by atoms with Crippen LogP contribution in [0.1, 0.15) is 5.56 Å². The molecule has 1 heterocycles. The molecule has 1 aromatic heterocycles. The van der Waals surface area contributed by atoms with Crippen molar-refractivity contribution in [2.45, 2.75) is 6.54 Å². The van der Waals surface area contributed by atoms with Crippen molar-refractivity contribution in [3.05, 3.63) is 84.9 Å². The normalized spacial score (nSPS) is 10.9. The highest BCUT2D eigenvalue weighted by Crippen LogP contribution is 2.25. The van der Waals surface area contributed by atoms with Crippen LogP contribution in [0, 0.1) is 0 Å². The second-order valence-electron chi connectivity index (χ2n) is 5.36. The van der Waals surface area contributed by atoms with Crippen LogP contribution < -0.4 is 0 Å². The molecule has 3 nitrogen and oxygen atoms in total. The van der Waals surface area contributed by atoms with Crippen molar-refractivity contribution in [3.63, 3.8) is 0 Å². The van der Waals surface area contributed by atoms with E-state index < -0.39 is 0 Å². The fraction of sp³-hybridized carbons (Fsp3) is 0.0526. The van der Waals surface area contributed by atoms with E-state index in [1.165, 1.54) is 27.5 Å². The average Bonchev–Trinajstić information content (AvgIpc) is 3.08. The first kappa shape index (κ1) is 12.8. The van der Waals surface area contributed by atoms with E-state index in [4.69, 9.17) is 0 Å². The first-order chi connectivity index (χ1) is 10.9. The van der Waals surface area contributed by atoms with Crippen molar-refractivity contribution in [3.8, 4) is 11.1 Å². The van der Waals surface area contributed by atoms with Crippen molar-refractivity contribution in [1.82, 2.24) is 14.8 Å². The van der Waals surface area contributed by atoms with Crippen LogP contribution in [0.15, 0.2) is 79.4 Å². The third-order valence-corrected chi connectivity index (χ3v) is 3.82. The lowest BCUT2D eigenvalue weighted by atomic mass is 10.00. The summed E-state index contributed by atoms with van der Waals surface area (Å²) in [5.41, 5.74) is 3.68. The minimum atomic E-state index is 0.738. The van der Waals surface area contributed by atoms with Gasteiger partial charge in [-0.2, -0.15) is 5.10 Å². The second kappa shape index (κ2) is 5.45. The number of aromatic nitrogens is 3. The fourth-order valence-electron chi connectivity index (χ4n) is 2.72. The maximum Gasteiger partial charge on any atom is 0.137 e. The Morgan fingerprint density at radius 2 is 1.64 bits per heavy atom. The minimum absolute atomic E-state index is 0.738. The van der Waals surface area contributed by atoms with Gasteiger partial charge in [0.1, 0.15) is 12.7 Å². The molecule has 0 amide bonds. The lowest BCUT2D eigenvalue weighted by molar-refractivity contribution is 0.685. The molecule has 4 rings (SSSR count). The SMILES string of the molecule is c1cc(Cn2cncn2)cc(-c2ccc3ccccc3c2)c1. The number of hydrogen-bond donors (Lipinski definition) is 0. The van der Waals surface area contributed by atoms with Crippen LogP contribution in [0.3, 0.4) is 0 Å². The van der Waals surface area contributed by atoms with Crippen molar-refractivity contribution >= 4 is 10.8 Å². The van der Waals surface area contributed by atoms with Crippen LogP contribution in [0.2, 0.25) is 0 Å². The predicted octanol–water partition coefficient (Wildman–Crippen LogP) is 4.15. The van der Waals surface area contributed by atoms with E-state index in [0.717, 1.165) is 6.54 Å². The van der Waals surface area contributed by atoms with Crippen molar-refractivity contribution in [2.24, 2.45) is 0 Å². The van der Waals surface area contributed by atoms with Gasteiger partial charge in [0, 0.05) is 0 Å². The number of benzene rings is 3. The molecular weight excluding hydrogens is 270 g/mol. The van der Waals surface area contributed by atoms with Crippen LogP contribution >= 0.6 is 0 Å². The van der Waals surface area contributed by atoms with E-state index >= 15 is 0 Å². The van der Waals surface area contributed by atoms with Crippen LogP contribution in [0.5, 0.6) is 0 Å². The molecule has 0 atom stereocenters. The van der Waals surface area contributed by atoms with Gasteiger partial charge in [-0.1, -0.05) is 54.6 Å². The molecule has 0 aliphatic rings. The predicted molar refractivity (Wildman–Crippen MR) is 88.5 cm³/mol. The zero-order chi connectivity index (χ0) is 14.8. The zero-order valence-corrected chi connectivity index (χ0v) is 12.1. The van der Waals surface area contributed by atoms with E-state index in [1.807, 2.05) is 4.68 Å². The van der Waals surface area contributed by atoms with Gasteiger partial charge >= 0.3 is 0 Å². The summed E-state index contributed by atoms with van der Waals surface area (Å²) in [6.07, 6.45) is 3.30. The lowest BCUT2D eigenvalue weighted by Gasteiger charge is -2.07. The molecule has 3 heteroatoms. The Morgan fingerprint density at radius 1 is 0.773 bits per heavy atom. The van der Waals surface area contributed by atoms with Gasteiger partial charge in [-0.05, 0) is 39.6 Å². The Labute approximate surface area is 128 Å². The molecule has 3 aromatic carbocycles. The Hall–Kier alpha value is -2.94. The number of nitrogens with zero attached hydrogens (tertiary/aromatic N) is 3. The Morgan fingerprint density at radius 3 is 2.50 bits per heavy atom. The van der Waals surface area contributed by atoms with Gasteiger partial charge in [0.05, 0.1) is 6.54 Å². The molecule has 0 saturated carbocycles. The molecular formula is C19H15N3.